The molecule has 0 bridgehead atoms. The summed E-state index contributed by atoms with van der Waals surface area (Å²) in [5.41, 5.74) is 2.72. The number of nitrogens with zero attached hydrogens (tertiary/aromatic N) is 1. The molecule has 0 spiro atoms. The molecule has 0 aromatic heterocycles. The van der Waals surface area contributed by atoms with E-state index >= 15 is 0 Å². The second-order valence-corrected chi connectivity index (χ2v) is 6.64. The third-order valence-corrected chi connectivity index (χ3v) is 4.44. The van der Waals surface area contributed by atoms with Crippen LogP contribution in [0, 0.1) is 0 Å². The van der Waals surface area contributed by atoms with E-state index in [4.69, 9.17) is 4.74 Å². The number of para-hydroxylation sites is 1. The molecule has 0 saturated heterocycles. The van der Waals surface area contributed by atoms with Crippen molar-refractivity contribution in [3.05, 3.63) is 84.4 Å². The van der Waals surface area contributed by atoms with E-state index in [9.17, 15) is 9.59 Å². The fourth-order valence-corrected chi connectivity index (χ4v) is 2.94. The van der Waals surface area contributed by atoms with E-state index in [0.717, 1.165) is 5.69 Å². The van der Waals surface area contributed by atoms with Crippen molar-refractivity contribution < 1.29 is 14.3 Å². The summed E-state index contributed by atoms with van der Waals surface area (Å²) in [5, 5.41) is 5.90. The molecule has 0 fully saturated rings. The zero-order valence-corrected chi connectivity index (χ0v) is 17.1. The maximum atomic E-state index is 12.8. The van der Waals surface area contributed by atoms with Crippen LogP contribution in [0.5, 0.6) is 5.75 Å². The highest BCUT2D eigenvalue weighted by atomic mass is 16.5. The number of anilines is 3. The smallest absolute Gasteiger partial charge is 0.258 e. The summed E-state index contributed by atoms with van der Waals surface area (Å²) in [4.78, 5) is 26.6. The van der Waals surface area contributed by atoms with Crippen LogP contribution >= 0.6 is 0 Å². The minimum Gasteiger partial charge on any atom is -0.494 e. The van der Waals surface area contributed by atoms with Gasteiger partial charge in [0, 0.05) is 35.7 Å². The van der Waals surface area contributed by atoms with Crippen LogP contribution in [0.2, 0.25) is 0 Å². The molecule has 0 unspecified atom stereocenters. The lowest BCUT2D eigenvalue weighted by Gasteiger charge is -2.18. The summed E-state index contributed by atoms with van der Waals surface area (Å²) in [7, 11) is 1.74. The van der Waals surface area contributed by atoms with E-state index in [0.29, 0.717) is 29.3 Å². The van der Waals surface area contributed by atoms with E-state index in [-0.39, 0.29) is 18.4 Å². The Kier molecular flexibility index (Phi) is 7.05. The quantitative estimate of drug-likeness (QED) is 0.584. The Hall–Kier alpha value is -3.80. The molecule has 6 heteroatoms. The summed E-state index contributed by atoms with van der Waals surface area (Å²) in [5.74, 6) is 0.390. The van der Waals surface area contributed by atoms with E-state index in [1.54, 1.807) is 42.3 Å². The van der Waals surface area contributed by atoms with Crippen molar-refractivity contribution in [2.45, 2.75) is 6.92 Å². The lowest BCUT2D eigenvalue weighted by Crippen LogP contribution is -2.26. The number of hydrogen-bond donors (Lipinski definition) is 2. The first-order valence-electron chi connectivity index (χ1n) is 9.76. The van der Waals surface area contributed by atoms with Gasteiger partial charge in [-0.1, -0.05) is 30.3 Å². The molecular formula is C24H25N3O3. The highest BCUT2D eigenvalue weighted by molar-refractivity contribution is 6.06. The van der Waals surface area contributed by atoms with Crippen molar-refractivity contribution in [2.24, 2.45) is 0 Å². The Morgan fingerprint density at radius 1 is 0.900 bits per heavy atom. The fraction of sp³-hybridized carbons (Fsp3) is 0.167. The van der Waals surface area contributed by atoms with Gasteiger partial charge in [0.1, 0.15) is 5.75 Å². The lowest BCUT2D eigenvalue weighted by atomic mass is 10.1. The SMILES string of the molecule is CCOc1cccc(NC(=O)CNc2cccc(C(=O)N(C)c3ccccc3)c2)c1. The maximum absolute atomic E-state index is 12.8. The molecule has 0 heterocycles. The Labute approximate surface area is 176 Å². The third kappa shape index (κ3) is 5.61. The molecular weight excluding hydrogens is 378 g/mol. The van der Waals surface area contributed by atoms with Gasteiger partial charge in [-0.2, -0.15) is 0 Å². The maximum Gasteiger partial charge on any atom is 0.258 e. The molecule has 3 aromatic rings. The molecule has 3 aromatic carbocycles. The fourth-order valence-electron chi connectivity index (χ4n) is 2.94. The highest BCUT2D eigenvalue weighted by Crippen LogP contribution is 2.19. The van der Waals surface area contributed by atoms with Crippen LogP contribution in [0.3, 0.4) is 0 Å². The number of ether oxygens (including phenoxy) is 1. The topological polar surface area (TPSA) is 70.7 Å². The first-order valence-corrected chi connectivity index (χ1v) is 9.76. The monoisotopic (exact) mass is 403 g/mol. The van der Waals surface area contributed by atoms with Crippen LogP contribution in [0.1, 0.15) is 17.3 Å². The Balaban J connectivity index is 1.59. The number of rotatable bonds is 8. The van der Waals surface area contributed by atoms with Gasteiger partial charge in [0.2, 0.25) is 5.91 Å². The molecule has 2 N–H and O–H groups in total. The highest BCUT2D eigenvalue weighted by Gasteiger charge is 2.13. The van der Waals surface area contributed by atoms with Gasteiger partial charge in [-0.15, -0.1) is 0 Å². The Bertz CT molecular complexity index is 1010. The normalized spacial score (nSPS) is 10.2. The van der Waals surface area contributed by atoms with Crippen molar-refractivity contribution in [2.75, 3.05) is 35.7 Å². The molecule has 2 amide bonds. The van der Waals surface area contributed by atoms with Crippen molar-refractivity contribution >= 4 is 28.9 Å². The van der Waals surface area contributed by atoms with Crippen molar-refractivity contribution in [1.82, 2.24) is 0 Å². The van der Waals surface area contributed by atoms with Gasteiger partial charge < -0.3 is 20.3 Å². The van der Waals surface area contributed by atoms with Gasteiger partial charge in [-0.3, -0.25) is 9.59 Å². The van der Waals surface area contributed by atoms with Gasteiger partial charge in [0.05, 0.1) is 13.2 Å². The first kappa shape index (κ1) is 20.9. The predicted octanol–water partition coefficient (Wildman–Crippen LogP) is 4.41. The minimum absolute atomic E-state index is 0.0744. The second-order valence-electron chi connectivity index (χ2n) is 6.64. The number of benzene rings is 3. The number of hydrogen-bond acceptors (Lipinski definition) is 4. The van der Waals surface area contributed by atoms with Crippen molar-refractivity contribution in [1.29, 1.82) is 0 Å². The van der Waals surface area contributed by atoms with Crippen molar-refractivity contribution in [3.63, 3.8) is 0 Å². The molecule has 6 nitrogen and oxygen atoms in total. The van der Waals surface area contributed by atoms with Gasteiger partial charge >= 0.3 is 0 Å². The van der Waals surface area contributed by atoms with E-state index < -0.39 is 0 Å². The molecule has 0 aliphatic carbocycles. The summed E-state index contributed by atoms with van der Waals surface area (Å²) in [6, 6.07) is 23.8. The largest absolute Gasteiger partial charge is 0.494 e. The predicted molar refractivity (Wildman–Crippen MR) is 120 cm³/mol. The van der Waals surface area contributed by atoms with E-state index in [1.165, 1.54) is 0 Å². The first-order chi connectivity index (χ1) is 14.6. The third-order valence-electron chi connectivity index (χ3n) is 4.44. The Morgan fingerprint density at radius 2 is 1.63 bits per heavy atom. The van der Waals surface area contributed by atoms with Gasteiger partial charge in [-0.25, -0.2) is 0 Å². The summed E-state index contributed by atoms with van der Waals surface area (Å²) in [6.45, 7) is 2.55. The second kappa shape index (κ2) is 10.1. The van der Waals surface area contributed by atoms with Crippen molar-refractivity contribution in [3.8, 4) is 5.75 Å². The molecule has 0 aliphatic heterocycles. The zero-order chi connectivity index (χ0) is 21.3. The molecule has 3 rings (SSSR count). The summed E-state index contributed by atoms with van der Waals surface area (Å²) in [6.07, 6.45) is 0. The average molecular weight is 403 g/mol. The standard InChI is InChI=1S/C24H25N3O3/c1-3-30-22-14-8-11-20(16-22)26-23(28)17-25-19-10-7-9-18(15-19)24(29)27(2)21-12-5-4-6-13-21/h4-16,25H,3,17H2,1-2H3,(H,26,28). The molecule has 0 radical (unpaired) electrons. The van der Waals surface area contributed by atoms with Crippen LogP contribution in [0.15, 0.2) is 78.9 Å². The van der Waals surface area contributed by atoms with Crippen LogP contribution in [0.4, 0.5) is 17.1 Å². The lowest BCUT2D eigenvalue weighted by molar-refractivity contribution is -0.114. The average Bonchev–Trinajstić information content (AvgIpc) is 2.78. The van der Waals surface area contributed by atoms with Crippen LogP contribution in [-0.4, -0.2) is 32.0 Å². The molecule has 30 heavy (non-hydrogen) atoms. The van der Waals surface area contributed by atoms with Crippen LogP contribution in [0.25, 0.3) is 0 Å². The minimum atomic E-state index is -0.193. The van der Waals surface area contributed by atoms with Gasteiger partial charge in [0.15, 0.2) is 0 Å². The number of amides is 2. The number of nitrogens with one attached hydrogen (secondary N) is 2. The van der Waals surface area contributed by atoms with Crippen LogP contribution in [-0.2, 0) is 4.79 Å². The number of carbonyl (C=O) groups is 2. The summed E-state index contributed by atoms with van der Waals surface area (Å²) < 4.78 is 5.44. The Morgan fingerprint density at radius 3 is 2.40 bits per heavy atom. The molecule has 0 atom stereocenters. The molecule has 0 aliphatic rings. The van der Waals surface area contributed by atoms with E-state index in [1.807, 2.05) is 55.5 Å². The molecule has 154 valence electrons. The van der Waals surface area contributed by atoms with Gasteiger partial charge in [-0.05, 0) is 49.4 Å². The summed E-state index contributed by atoms with van der Waals surface area (Å²) >= 11 is 0. The van der Waals surface area contributed by atoms with Crippen LogP contribution < -0.4 is 20.3 Å². The number of carbonyl (C=O) groups excluding carboxylic acids is 2. The molecule has 0 saturated carbocycles. The zero-order valence-electron chi connectivity index (χ0n) is 17.1. The van der Waals surface area contributed by atoms with E-state index in [2.05, 4.69) is 10.6 Å². The van der Waals surface area contributed by atoms with Gasteiger partial charge in [0.25, 0.3) is 5.91 Å².